The van der Waals surface area contributed by atoms with Gasteiger partial charge in [-0.1, -0.05) is 72.8 Å². The Balaban J connectivity index is 1.63. The van der Waals surface area contributed by atoms with E-state index in [1.165, 1.54) is 44.5 Å². The Bertz CT molecular complexity index is 1770. The molecule has 0 N–H and O–H groups in total. The Kier molecular flexibility index (Phi) is 7.99. The molecule has 4 aromatic rings. The molecule has 3 aromatic carbocycles. The molecule has 41 heavy (non-hydrogen) atoms. The van der Waals surface area contributed by atoms with E-state index < -0.39 is 0 Å². The summed E-state index contributed by atoms with van der Waals surface area (Å²) in [7, 11) is 6.88. The summed E-state index contributed by atoms with van der Waals surface area (Å²) in [6.45, 7) is 17.3. The van der Waals surface area contributed by atoms with Crippen molar-refractivity contribution in [3.8, 4) is 0 Å². The largest absolute Gasteiger partial charge is 0.397 e. The molecule has 5 rings (SSSR count). The number of aliphatic imine (C=N–C) groups is 1. The zero-order valence-electron chi connectivity index (χ0n) is 25.0. The number of nitrogens with zero attached hydrogens (tertiary/aromatic N) is 2. The Morgan fingerprint density at radius 2 is 1.44 bits per heavy atom. The number of aryl methyl sites for hydroxylation is 5. The molecule has 2 heterocycles. The maximum atomic E-state index is 6.88. The third-order valence-corrected chi connectivity index (χ3v) is 7.99. The van der Waals surface area contributed by atoms with Crippen molar-refractivity contribution in [3.05, 3.63) is 159 Å². The third kappa shape index (κ3) is 5.76. The maximum absolute atomic E-state index is 6.88. The first-order chi connectivity index (χ1) is 19.6. The van der Waals surface area contributed by atoms with E-state index in [2.05, 4.69) is 139 Å². The van der Waals surface area contributed by atoms with Gasteiger partial charge >= 0.3 is 0 Å². The molecule has 0 amide bonds. The predicted octanol–water partition coefficient (Wildman–Crippen LogP) is 9.09. The van der Waals surface area contributed by atoms with Crippen LogP contribution in [0.4, 0.5) is 0 Å². The van der Waals surface area contributed by atoms with Crippen LogP contribution in [0.2, 0.25) is 0 Å². The van der Waals surface area contributed by atoms with Crippen LogP contribution >= 0.6 is 0 Å². The van der Waals surface area contributed by atoms with Crippen LogP contribution in [-0.2, 0) is 6.42 Å². The summed E-state index contributed by atoms with van der Waals surface area (Å²) in [6, 6.07) is 25.5. The molecule has 1 aliphatic heterocycles. The number of hydrogen-bond acceptors (Lipinski definition) is 1. The second-order valence-electron chi connectivity index (χ2n) is 11.2. The molecular formula is C38H37BN2. The topological polar surface area (TPSA) is 17.3 Å². The van der Waals surface area contributed by atoms with E-state index in [4.69, 9.17) is 13.0 Å². The summed E-state index contributed by atoms with van der Waals surface area (Å²) in [4.78, 5) is 5.17. The van der Waals surface area contributed by atoms with Gasteiger partial charge in [0.15, 0.2) is 0 Å². The molecule has 0 spiro atoms. The average Bonchev–Trinajstić information content (AvgIpc) is 3.56. The van der Waals surface area contributed by atoms with Gasteiger partial charge in [0.25, 0.3) is 0 Å². The molecule has 0 aliphatic carbocycles. The molecule has 1 aromatic heterocycles. The minimum Gasteiger partial charge on any atom is -0.397 e. The molecule has 0 fully saturated rings. The van der Waals surface area contributed by atoms with Gasteiger partial charge in [-0.25, -0.2) is 4.99 Å². The molecule has 2 radical (unpaired) electrons. The fraction of sp³-hybridized carbons (Fsp3) is 0.184. The quantitative estimate of drug-likeness (QED) is 0.211. The molecule has 0 atom stereocenters. The van der Waals surface area contributed by atoms with Gasteiger partial charge in [0, 0.05) is 17.0 Å². The second kappa shape index (κ2) is 11.6. The van der Waals surface area contributed by atoms with E-state index in [9.17, 15) is 0 Å². The standard InChI is InChI=1S/C38H37BN2/c1-24-20-29(6)37(30(7)21-24)38(34-17-16-33(40-34)27(4)22-31-14-10-8-12-25(31)2)36-19-18-35(41(36)39)28(5)23-32-15-11-9-13-26(32)3/h8-22H,5,23H2,1-4,6-7H3/b27-22+,38-34+. The average molecular weight is 533 g/mol. The first-order valence-corrected chi connectivity index (χ1v) is 14.2. The second-order valence-corrected chi connectivity index (χ2v) is 11.2. The van der Waals surface area contributed by atoms with Gasteiger partial charge in [-0.15, -0.1) is 0 Å². The first-order valence-electron chi connectivity index (χ1n) is 14.2. The number of hydrogen-bond donors (Lipinski definition) is 0. The number of benzene rings is 3. The molecule has 0 unspecified atom stereocenters. The third-order valence-electron chi connectivity index (χ3n) is 7.99. The lowest BCUT2D eigenvalue weighted by Gasteiger charge is -2.19. The van der Waals surface area contributed by atoms with E-state index in [-0.39, 0.29) is 0 Å². The van der Waals surface area contributed by atoms with Crippen molar-refractivity contribution in [1.29, 1.82) is 0 Å². The highest BCUT2D eigenvalue weighted by atomic mass is 14.9. The fourth-order valence-electron chi connectivity index (χ4n) is 5.81. The van der Waals surface area contributed by atoms with E-state index >= 15 is 0 Å². The number of rotatable bonds is 7. The van der Waals surface area contributed by atoms with Gasteiger partial charge in [-0.2, -0.15) is 0 Å². The van der Waals surface area contributed by atoms with E-state index in [1.54, 1.807) is 4.48 Å². The fourth-order valence-corrected chi connectivity index (χ4v) is 5.81. The zero-order chi connectivity index (χ0) is 29.3. The Morgan fingerprint density at radius 1 is 0.805 bits per heavy atom. The molecule has 0 bridgehead atoms. The lowest BCUT2D eigenvalue weighted by molar-refractivity contribution is 1.13. The highest BCUT2D eigenvalue weighted by molar-refractivity contribution is 6.15. The summed E-state index contributed by atoms with van der Waals surface area (Å²) >= 11 is 0. The molecule has 0 saturated carbocycles. The summed E-state index contributed by atoms with van der Waals surface area (Å²) < 4.78 is 1.79. The highest BCUT2D eigenvalue weighted by Gasteiger charge is 2.22. The van der Waals surface area contributed by atoms with Gasteiger partial charge in [0.1, 0.15) is 0 Å². The van der Waals surface area contributed by atoms with Gasteiger partial charge in [0.05, 0.1) is 11.4 Å². The van der Waals surface area contributed by atoms with E-state index in [1.807, 2.05) is 0 Å². The van der Waals surface area contributed by atoms with Crippen molar-refractivity contribution in [1.82, 2.24) is 4.48 Å². The number of allylic oxidation sites excluding steroid dienone is 4. The highest BCUT2D eigenvalue weighted by Crippen LogP contribution is 2.37. The van der Waals surface area contributed by atoms with Gasteiger partial charge in [-0.3, -0.25) is 0 Å². The number of aromatic nitrogens is 1. The first kappa shape index (κ1) is 28.2. The molecule has 202 valence electrons. The van der Waals surface area contributed by atoms with E-state index in [0.717, 1.165) is 45.9 Å². The summed E-state index contributed by atoms with van der Waals surface area (Å²) in [5.41, 5.74) is 16.6. The summed E-state index contributed by atoms with van der Waals surface area (Å²) in [6.07, 6.45) is 7.18. The molecule has 0 saturated heterocycles. The van der Waals surface area contributed by atoms with Crippen LogP contribution in [0.15, 0.2) is 108 Å². The van der Waals surface area contributed by atoms with Gasteiger partial charge < -0.3 is 4.48 Å². The Morgan fingerprint density at radius 3 is 2.12 bits per heavy atom. The predicted molar refractivity (Wildman–Crippen MR) is 178 cm³/mol. The molecular weight excluding hydrogens is 495 g/mol. The summed E-state index contributed by atoms with van der Waals surface area (Å²) in [5.74, 6) is 0. The van der Waals surface area contributed by atoms with Crippen LogP contribution in [-0.4, -0.2) is 18.2 Å². The Hall–Kier alpha value is -4.37. The lowest BCUT2D eigenvalue weighted by Crippen LogP contribution is -2.07. The van der Waals surface area contributed by atoms with E-state index in [0.29, 0.717) is 0 Å². The van der Waals surface area contributed by atoms with Crippen LogP contribution in [0.3, 0.4) is 0 Å². The van der Waals surface area contributed by atoms with Crippen LogP contribution in [0.5, 0.6) is 0 Å². The van der Waals surface area contributed by atoms with Crippen molar-refractivity contribution in [2.75, 3.05) is 0 Å². The molecule has 3 heteroatoms. The lowest BCUT2D eigenvalue weighted by atomic mass is 9.90. The van der Waals surface area contributed by atoms with Crippen molar-refractivity contribution in [2.45, 2.75) is 48.0 Å². The normalized spacial score (nSPS) is 14.4. The summed E-state index contributed by atoms with van der Waals surface area (Å²) in [5, 5.41) is 0. The molecule has 1 aliphatic rings. The van der Waals surface area contributed by atoms with Crippen LogP contribution in [0.1, 0.15) is 62.8 Å². The van der Waals surface area contributed by atoms with Gasteiger partial charge in [0.2, 0.25) is 7.98 Å². The van der Waals surface area contributed by atoms with Crippen molar-refractivity contribution < 1.29 is 0 Å². The Labute approximate surface area is 246 Å². The molecule has 2 nitrogen and oxygen atoms in total. The van der Waals surface area contributed by atoms with Gasteiger partial charge in [-0.05, 0) is 128 Å². The van der Waals surface area contributed by atoms with Crippen LogP contribution < -0.4 is 0 Å². The van der Waals surface area contributed by atoms with Crippen LogP contribution in [0.25, 0.3) is 17.2 Å². The van der Waals surface area contributed by atoms with Crippen molar-refractivity contribution >= 4 is 30.9 Å². The smallest absolute Gasteiger partial charge is 0.234 e. The monoisotopic (exact) mass is 532 g/mol. The minimum atomic E-state index is 0.743. The van der Waals surface area contributed by atoms with Crippen LogP contribution in [0, 0.1) is 34.6 Å². The minimum absolute atomic E-state index is 0.743. The SMILES string of the molecule is [B]n1c(C(=C)Cc2ccccc2C)ccc1/C(=C1/C=CC(C(/C)=C/c2ccccc2C)=N1)c1c(C)cc(C)cc1C. The zero-order valence-corrected chi connectivity index (χ0v) is 25.0. The van der Waals surface area contributed by atoms with Crippen molar-refractivity contribution in [3.63, 3.8) is 0 Å². The van der Waals surface area contributed by atoms with Crippen molar-refractivity contribution in [2.24, 2.45) is 4.99 Å². The maximum Gasteiger partial charge on any atom is 0.234 e.